The van der Waals surface area contributed by atoms with E-state index in [4.69, 9.17) is 0 Å². The standard InChI is InChI=1S/C18H17NO2/c20-17-15-12-6-4-5-7-13(11-10-12)16(15)18(21)19(17)14-8-2-1-3-9-14/h1-9,12-13,15-16H,10-11H2/b6-4-,7-5?/t12-,13+,15-,16+/m1/s1. The number of amides is 2. The van der Waals surface area contributed by atoms with E-state index >= 15 is 0 Å². The van der Waals surface area contributed by atoms with Gasteiger partial charge in [-0.1, -0.05) is 42.5 Å². The fourth-order valence-electron chi connectivity index (χ4n) is 4.03. The predicted octanol–water partition coefficient (Wildman–Crippen LogP) is 2.94. The third kappa shape index (κ3) is 1.80. The first-order valence-electron chi connectivity index (χ1n) is 7.55. The number of para-hydroxylation sites is 1. The van der Waals surface area contributed by atoms with Crippen LogP contribution in [0.4, 0.5) is 5.69 Å². The predicted molar refractivity (Wildman–Crippen MR) is 80.4 cm³/mol. The molecule has 21 heavy (non-hydrogen) atoms. The average molecular weight is 279 g/mol. The van der Waals surface area contributed by atoms with Crippen LogP contribution >= 0.6 is 0 Å². The van der Waals surface area contributed by atoms with Crippen LogP contribution < -0.4 is 4.90 Å². The SMILES string of the molecule is O=C1[C@@H]2[C@H](C(=O)N1c1ccccc1)[C@@H]1/C=C\C=C[C@H]2CC1. The molecule has 0 radical (unpaired) electrons. The lowest BCUT2D eigenvalue weighted by Crippen LogP contribution is -2.35. The fraction of sp³-hybridized carbons (Fsp3) is 0.333. The lowest BCUT2D eigenvalue weighted by molar-refractivity contribution is -0.123. The zero-order valence-electron chi connectivity index (χ0n) is 11.7. The van der Waals surface area contributed by atoms with Crippen molar-refractivity contribution in [1.82, 2.24) is 0 Å². The number of benzene rings is 1. The maximum atomic E-state index is 12.9. The molecule has 3 heteroatoms. The minimum absolute atomic E-state index is 0.0224. The molecule has 3 nitrogen and oxygen atoms in total. The van der Waals surface area contributed by atoms with Gasteiger partial charge in [0.25, 0.3) is 0 Å². The number of hydrogen-bond acceptors (Lipinski definition) is 2. The molecule has 2 bridgehead atoms. The molecule has 0 unspecified atom stereocenters. The summed E-state index contributed by atoms with van der Waals surface area (Å²) in [7, 11) is 0. The smallest absolute Gasteiger partial charge is 0.238 e. The van der Waals surface area contributed by atoms with Crippen molar-refractivity contribution >= 4 is 17.5 Å². The number of imide groups is 1. The van der Waals surface area contributed by atoms with E-state index in [0.29, 0.717) is 5.69 Å². The van der Waals surface area contributed by atoms with E-state index in [-0.39, 0.29) is 35.5 Å². The van der Waals surface area contributed by atoms with Gasteiger partial charge in [0.2, 0.25) is 11.8 Å². The summed E-state index contributed by atoms with van der Waals surface area (Å²) in [5.74, 6) is -0.0188. The van der Waals surface area contributed by atoms with E-state index in [0.717, 1.165) is 12.8 Å². The quantitative estimate of drug-likeness (QED) is 0.741. The van der Waals surface area contributed by atoms with Gasteiger partial charge >= 0.3 is 0 Å². The van der Waals surface area contributed by atoms with E-state index < -0.39 is 0 Å². The van der Waals surface area contributed by atoms with Crippen LogP contribution in [0.5, 0.6) is 0 Å². The van der Waals surface area contributed by atoms with Gasteiger partial charge in [-0.25, -0.2) is 0 Å². The van der Waals surface area contributed by atoms with E-state index in [1.807, 2.05) is 42.5 Å². The molecular formula is C18H17NO2. The highest BCUT2D eigenvalue weighted by atomic mass is 16.2. The summed E-state index contributed by atoms with van der Waals surface area (Å²) < 4.78 is 0. The molecular weight excluding hydrogens is 262 g/mol. The molecule has 2 amide bonds. The molecule has 106 valence electrons. The Morgan fingerprint density at radius 3 is 1.86 bits per heavy atom. The Labute approximate surface area is 123 Å². The van der Waals surface area contributed by atoms with Gasteiger partial charge in [-0.2, -0.15) is 0 Å². The van der Waals surface area contributed by atoms with Crippen molar-refractivity contribution in [3.8, 4) is 0 Å². The van der Waals surface area contributed by atoms with Crippen molar-refractivity contribution in [2.45, 2.75) is 12.8 Å². The van der Waals surface area contributed by atoms with Crippen molar-refractivity contribution in [2.75, 3.05) is 4.90 Å². The Bertz CT molecular complexity index is 608. The summed E-state index contributed by atoms with van der Waals surface area (Å²) in [5.41, 5.74) is 0.701. The minimum Gasteiger partial charge on any atom is -0.274 e. The second kappa shape index (κ2) is 4.69. The number of rotatable bonds is 1. The van der Waals surface area contributed by atoms with Gasteiger partial charge in [0, 0.05) is 0 Å². The summed E-state index contributed by atoms with van der Waals surface area (Å²) in [5, 5.41) is 0. The summed E-state index contributed by atoms with van der Waals surface area (Å²) in [6.07, 6.45) is 10.2. The van der Waals surface area contributed by atoms with Crippen LogP contribution in [0.15, 0.2) is 54.6 Å². The van der Waals surface area contributed by atoms with Crippen LogP contribution in [0, 0.1) is 23.7 Å². The van der Waals surface area contributed by atoms with Crippen LogP contribution in [0.25, 0.3) is 0 Å². The summed E-state index contributed by atoms with van der Waals surface area (Å²) in [4.78, 5) is 27.1. The molecule has 0 N–H and O–H groups in total. The van der Waals surface area contributed by atoms with Gasteiger partial charge in [0.1, 0.15) is 0 Å². The van der Waals surface area contributed by atoms with Crippen LogP contribution in [-0.2, 0) is 9.59 Å². The monoisotopic (exact) mass is 279 g/mol. The zero-order chi connectivity index (χ0) is 14.4. The van der Waals surface area contributed by atoms with E-state index in [1.54, 1.807) is 0 Å². The Hall–Kier alpha value is -2.16. The van der Waals surface area contributed by atoms with Crippen molar-refractivity contribution in [3.05, 3.63) is 54.6 Å². The van der Waals surface area contributed by atoms with Gasteiger partial charge < -0.3 is 0 Å². The number of allylic oxidation sites excluding steroid dienone is 4. The molecule has 3 aliphatic rings. The van der Waals surface area contributed by atoms with Gasteiger partial charge in [0.15, 0.2) is 0 Å². The largest absolute Gasteiger partial charge is 0.274 e. The van der Waals surface area contributed by atoms with E-state index in [9.17, 15) is 9.59 Å². The highest BCUT2D eigenvalue weighted by molar-refractivity contribution is 6.22. The summed E-state index contributed by atoms with van der Waals surface area (Å²) in [6, 6.07) is 9.30. The summed E-state index contributed by atoms with van der Waals surface area (Å²) in [6.45, 7) is 0. The van der Waals surface area contributed by atoms with Crippen LogP contribution in [0.2, 0.25) is 0 Å². The van der Waals surface area contributed by atoms with Crippen molar-refractivity contribution < 1.29 is 9.59 Å². The summed E-state index contributed by atoms with van der Waals surface area (Å²) >= 11 is 0. The van der Waals surface area contributed by atoms with Crippen LogP contribution in [0.3, 0.4) is 0 Å². The molecule has 1 saturated heterocycles. The average Bonchev–Trinajstić information content (AvgIpc) is 2.72. The zero-order valence-corrected chi connectivity index (χ0v) is 11.7. The second-order valence-electron chi connectivity index (χ2n) is 6.07. The van der Waals surface area contributed by atoms with Crippen LogP contribution in [-0.4, -0.2) is 11.8 Å². The lowest BCUT2D eigenvalue weighted by Gasteiger charge is -2.34. The van der Waals surface area contributed by atoms with Gasteiger partial charge in [-0.05, 0) is 36.8 Å². The third-order valence-corrected chi connectivity index (χ3v) is 5.00. The maximum Gasteiger partial charge on any atom is 0.238 e. The number of nitrogens with zero attached hydrogens (tertiary/aromatic N) is 1. The van der Waals surface area contributed by atoms with Gasteiger partial charge in [-0.3, -0.25) is 14.5 Å². The highest BCUT2D eigenvalue weighted by Crippen LogP contribution is 2.47. The Balaban J connectivity index is 1.79. The molecule has 0 spiro atoms. The molecule has 1 aromatic rings. The number of hydrogen-bond donors (Lipinski definition) is 0. The van der Waals surface area contributed by atoms with Crippen molar-refractivity contribution in [2.24, 2.45) is 23.7 Å². The molecule has 1 saturated carbocycles. The van der Waals surface area contributed by atoms with Crippen molar-refractivity contribution in [3.63, 3.8) is 0 Å². The molecule has 1 aromatic carbocycles. The molecule has 0 aromatic heterocycles. The molecule has 2 fully saturated rings. The number of anilines is 1. The molecule has 1 heterocycles. The van der Waals surface area contributed by atoms with E-state index in [2.05, 4.69) is 12.2 Å². The highest BCUT2D eigenvalue weighted by Gasteiger charge is 2.55. The molecule has 4 atom stereocenters. The lowest BCUT2D eigenvalue weighted by atomic mass is 9.66. The normalized spacial score (nSPS) is 35.5. The Morgan fingerprint density at radius 2 is 1.33 bits per heavy atom. The van der Waals surface area contributed by atoms with Crippen molar-refractivity contribution in [1.29, 1.82) is 0 Å². The van der Waals surface area contributed by atoms with Gasteiger partial charge in [0.05, 0.1) is 17.5 Å². The fourth-order valence-corrected chi connectivity index (χ4v) is 4.03. The molecule has 1 aliphatic heterocycles. The van der Waals surface area contributed by atoms with E-state index in [1.165, 1.54) is 4.90 Å². The second-order valence-corrected chi connectivity index (χ2v) is 6.07. The molecule has 2 aliphatic carbocycles. The third-order valence-electron chi connectivity index (χ3n) is 5.00. The first kappa shape index (κ1) is 12.6. The minimum atomic E-state index is -0.183. The maximum absolute atomic E-state index is 12.9. The first-order chi connectivity index (χ1) is 10.3. The Morgan fingerprint density at radius 1 is 0.810 bits per heavy atom. The number of carbonyl (C=O) groups excluding carboxylic acids is 2. The number of carbonyl (C=O) groups is 2. The first-order valence-corrected chi connectivity index (χ1v) is 7.55. The van der Waals surface area contributed by atoms with Gasteiger partial charge in [-0.15, -0.1) is 0 Å². The topological polar surface area (TPSA) is 37.4 Å². The Kier molecular flexibility index (Phi) is 2.81. The molecule has 4 rings (SSSR count). The van der Waals surface area contributed by atoms with Crippen LogP contribution in [0.1, 0.15) is 12.8 Å².